The van der Waals surface area contributed by atoms with Crippen LogP contribution in [0.1, 0.15) is 28.9 Å². The summed E-state index contributed by atoms with van der Waals surface area (Å²) in [6, 6.07) is 1.71. The van der Waals surface area contributed by atoms with Crippen LogP contribution in [0.4, 0.5) is 18.9 Å². The molecule has 0 saturated carbocycles. The van der Waals surface area contributed by atoms with Crippen molar-refractivity contribution >= 4 is 33.9 Å². The zero-order chi connectivity index (χ0) is 21.6. The van der Waals surface area contributed by atoms with E-state index in [1.165, 1.54) is 16.2 Å². The zero-order valence-corrected chi connectivity index (χ0v) is 16.7. The predicted molar refractivity (Wildman–Crippen MR) is 108 cm³/mol. The number of nitrogens with zero attached hydrogens (tertiary/aromatic N) is 2. The molecule has 6 nitrogen and oxygen atoms in total. The highest BCUT2D eigenvalue weighted by molar-refractivity contribution is 7.08. The van der Waals surface area contributed by atoms with E-state index in [2.05, 4.69) is 5.32 Å². The molecule has 0 spiro atoms. The van der Waals surface area contributed by atoms with E-state index in [1.807, 2.05) is 16.8 Å². The van der Waals surface area contributed by atoms with E-state index in [1.54, 1.807) is 6.92 Å². The maximum absolute atomic E-state index is 15.6. The first-order chi connectivity index (χ1) is 14.3. The second-order valence-corrected chi connectivity index (χ2v) is 7.77. The standard InChI is InChI=1S/C20H18F3N3O3S/c1-2-25-7-11(20(28)29)19(27)13-14(21)15(22)18(16(23)17(13)25)26-5-4-24-12(8-26)10-3-6-30-9-10/h3,6-7,9,12,24H,2,4-5,8H2,1H3,(H,28,29). The van der Waals surface area contributed by atoms with Crippen molar-refractivity contribution in [3.05, 3.63) is 61.8 Å². The topological polar surface area (TPSA) is 74.6 Å². The van der Waals surface area contributed by atoms with Gasteiger partial charge in [0.25, 0.3) is 0 Å². The number of aryl methyl sites for hydroxylation is 1. The monoisotopic (exact) mass is 437 g/mol. The van der Waals surface area contributed by atoms with Gasteiger partial charge in [0, 0.05) is 32.4 Å². The van der Waals surface area contributed by atoms with Crippen LogP contribution in [0.3, 0.4) is 0 Å². The average molecular weight is 437 g/mol. The lowest BCUT2D eigenvalue weighted by molar-refractivity contribution is 0.0694. The van der Waals surface area contributed by atoms with Gasteiger partial charge in [-0.1, -0.05) is 0 Å². The summed E-state index contributed by atoms with van der Waals surface area (Å²) in [6.45, 7) is 2.53. The number of carboxylic acids is 1. The van der Waals surface area contributed by atoms with Crippen molar-refractivity contribution in [2.75, 3.05) is 24.5 Å². The molecule has 30 heavy (non-hydrogen) atoms. The first-order valence-electron chi connectivity index (χ1n) is 9.32. The number of thiophene rings is 1. The largest absolute Gasteiger partial charge is 0.477 e. The number of aromatic carboxylic acids is 1. The van der Waals surface area contributed by atoms with E-state index in [0.717, 1.165) is 16.3 Å². The van der Waals surface area contributed by atoms with Crippen molar-refractivity contribution in [2.45, 2.75) is 19.5 Å². The lowest BCUT2D eigenvalue weighted by atomic mass is 10.0. The van der Waals surface area contributed by atoms with Crippen LogP contribution in [0.25, 0.3) is 10.9 Å². The number of carboxylic acid groups (broad SMARTS) is 1. The van der Waals surface area contributed by atoms with Crippen molar-refractivity contribution in [3.8, 4) is 0 Å². The molecule has 0 bridgehead atoms. The minimum Gasteiger partial charge on any atom is -0.477 e. The van der Waals surface area contributed by atoms with Gasteiger partial charge in [-0.3, -0.25) is 4.79 Å². The summed E-state index contributed by atoms with van der Waals surface area (Å²) in [5.41, 5.74) is -2.02. The maximum Gasteiger partial charge on any atom is 0.341 e. The summed E-state index contributed by atoms with van der Waals surface area (Å²) in [6.07, 6.45) is 0.961. The summed E-state index contributed by atoms with van der Waals surface area (Å²) in [7, 11) is 0. The minimum absolute atomic E-state index is 0.0670. The average Bonchev–Trinajstić information content (AvgIpc) is 3.27. The number of pyridine rings is 1. The molecule has 158 valence electrons. The van der Waals surface area contributed by atoms with Gasteiger partial charge >= 0.3 is 5.97 Å². The second-order valence-electron chi connectivity index (χ2n) is 6.99. The molecule has 1 saturated heterocycles. The first-order valence-corrected chi connectivity index (χ1v) is 10.3. The van der Waals surface area contributed by atoms with Crippen molar-refractivity contribution in [3.63, 3.8) is 0 Å². The molecule has 2 aromatic heterocycles. The van der Waals surface area contributed by atoms with Gasteiger partial charge in [0.05, 0.1) is 16.9 Å². The quantitative estimate of drug-likeness (QED) is 0.613. The van der Waals surface area contributed by atoms with Crippen molar-refractivity contribution in [2.24, 2.45) is 0 Å². The Balaban J connectivity index is 1.93. The Kier molecular flexibility index (Phi) is 5.29. The fourth-order valence-corrected chi connectivity index (χ4v) is 4.57. The molecule has 1 fully saturated rings. The van der Waals surface area contributed by atoms with Crippen LogP contribution < -0.4 is 15.6 Å². The van der Waals surface area contributed by atoms with E-state index < -0.39 is 51.0 Å². The fourth-order valence-electron chi connectivity index (χ4n) is 3.86. The number of carbonyl (C=O) groups is 1. The number of nitrogens with one attached hydrogen (secondary N) is 1. The third-order valence-electron chi connectivity index (χ3n) is 5.32. The molecular formula is C20H18F3N3O3S. The van der Waals surface area contributed by atoms with Gasteiger partial charge in [-0.2, -0.15) is 11.3 Å². The van der Waals surface area contributed by atoms with Crippen LogP contribution in [-0.2, 0) is 6.54 Å². The summed E-state index contributed by atoms with van der Waals surface area (Å²) >= 11 is 1.50. The van der Waals surface area contributed by atoms with Gasteiger partial charge < -0.3 is 19.9 Å². The van der Waals surface area contributed by atoms with Gasteiger partial charge in [-0.25, -0.2) is 18.0 Å². The van der Waals surface area contributed by atoms with E-state index in [4.69, 9.17) is 0 Å². The summed E-state index contributed by atoms with van der Waals surface area (Å²) in [5, 5.41) is 15.4. The number of hydrogen-bond donors (Lipinski definition) is 2. The molecule has 3 heterocycles. The number of piperazine rings is 1. The molecule has 1 atom stereocenters. The van der Waals surface area contributed by atoms with Crippen LogP contribution in [0, 0.1) is 17.5 Å². The zero-order valence-electron chi connectivity index (χ0n) is 15.9. The highest BCUT2D eigenvalue weighted by atomic mass is 32.1. The van der Waals surface area contributed by atoms with E-state index in [9.17, 15) is 19.1 Å². The Morgan fingerprint density at radius 3 is 2.70 bits per heavy atom. The van der Waals surface area contributed by atoms with Gasteiger partial charge in [-0.15, -0.1) is 0 Å². The van der Waals surface area contributed by atoms with E-state index >= 15 is 8.78 Å². The van der Waals surface area contributed by atoms with Crippen LogP contribution in [-0.4, -0.2) is 35.3 Å². The van der Waals surface area contributed by atoms with Crippen LogP contribution in [0.15, 0.2) is 27.8 Å². The van der Waals surface area contributed by atoms with Crippen molar-refractivity contribution in [1.29, 1.82) is 0 Å². The number of anilines is 1. The summed E-state index contributed by atoms with van der Waals surface area (Å²) in [5.74, 6) is -5.70. The van der Waals surface area contributed by atoms with Gasteiger partial charge in [0.1, 0.15) is 11.3 Å². The number of fused-ring (bicyclic) bond motifs is 1. The Labute approximate surface area is 173 Å². The number of halogens is 3. The predicted octanol–water partition coefficient (Wildman–Crippen LogP) is 3.35. The van der Waals surface area contributed by atoms with E-state index in [-0.39, 0.29) is 25.7 Å². The summed E-state index contributed by atoms with van der Waals surface area (Å²) < 4.78 is 46.7. The molecule has 0 radical (unpaired) electrons. The normalized spacial score (nSPS) is 16.9. The molecule has 1 aliphatic rings. The Bertz CT molecular complexity index is 1190. The third kappa shape index (κ3) is 3.16. The lowest BCUT2D eigenvalue weighted by Gasteiger charge is -2.35. The van der Waals surface area contributed by atoms with Gasteiger partial charge in [0.2, 0.25) is 5.43 Å². The number of rotatable bonds is 4. The number of aromatic nitrogens is 1. The molecule has 2 N–H and O–H groups in total. The van der Waals surface area contributed by atoms with Crippen molar-refractivity contribution in [1.82, 2.24) is 9.88 Å². The van der Waals surface area contributed by atoms with Gasteiger partial charge in [0.15, 0.2) is 17.5 Å². The first kappa shape index (κ1) is 20.4. The van der Waals surface area contributed by atoms with Crippen LogP contribution >= 0.6 is 11.3 Å². The SMILES string of the molecule is CCn1cc(C(=O)O)c(=O)c2c(F)c(F)c(N3CCNC(c4ccsc4)C3)c(F)c21. The number of benzene rings is 1. The van der Waals surface area contributed by atoms with Crippen LogP contribution in [0.2, 0.25) is 0 Å². The molecule has 10 heteroatoms. The molecule has 1 aliphatic heterocycles. The molecule has 1 unspecified atom stereocenters. The minimum atomic E-state index is -1.59. The molecule has 4 rings (SSSR count). The molecular weight excluding hydrogens is 419 g/mol. The Morgan fingerprint density at radius 1 is 1.30 bits per heavy atom. The lowest BCUT2D eigenvalue weighted by Crippen LogP contribution is -2.46. The smallest absolute Gasteiger partial charge is 0.341 e. The highest BCUT2D eigenvalue weighted by Gasteiger charge is 2.32. The van der Waals surface area contributed by atoms with Gasteiger partial charge in [-0.05, 0) is 29.3 Å². The molecule has 3 aromatic rings. The van der Waals surface area contributed by atoms with E-state index in [0.29, 0.717) is 6.54 Å². The second kappa shape index (κ2) is 7.77. The molecule has 1 aromatic carbocycles. The highest BCUT2D eigenvalue weighted by Crippen LogP contribution is 2.34. The summed E-state index contributed by atoms with van der Waals surface area (Å²) in [4.78, 5) is 25.2. The third-order valence-corrected chi connectivity index (χ3v) is 6.03. The molecule has 0 aliphatic carbocycles. The van der Waals surface area contributed by atoms with Crippen LogP contribution in [0.5, 0.6) is 0 Å². The maximum atomic E-state index is 15.6. The Morgan fingerprint density at radius 2 is 2.07 bits per heavy atom. The Hall–Kier alpha value is -2.85. The molecule has 0 amide bonds. The fraction of sp³-hybridized carbons (Fsp3) is 0.300. The van der Waals surface area contributed by atoms with Crippen molar-refractivity contribution < 1.29 is 23.1 Å². The number of hydrogen-bond acceptors (Lipinski definition) is 5.